The summed E-state index contributed by atoms with van der Waals surface area (Å²) in [4.78, 5) is 32.8. The van der Waals surface area contributed by atoms with Crippen molar-refractivity contribution in [1.82, 2.24) is 14.4 Å². The van der Waals surface area contributed by atoms with Crippen molar-refractivity contribution in [3.05, 3.63) is 50.4 Å². The summed E-state index contributed by atoms with van der Waals surface area (Å²) >= 11 is 1.18. The van der Waals surface area contributed by atoms with Crippen LogP contribution in [0.15, 0.2) is 33.6 Å². The lowest BCUT2D eigenvalue weighted by Crippen LogP contribution is -2.23. The largest absolute Gasteiger partial charge is 0.343 e. The zero-order chi connectivity index (χ0) is 19.9. The number of aromatic amines is 1. The van der Waals surface area contributed by atoms with Crippen molar-refractivity contribution in [2.24, 2.45) is 5.41 Å². The third-order valence-electron chi connectivity index (χ3n) is 6.31. The number of aromatic nitrogens is 2. The molecule has 6 rings (SSSR count). The molecule has 2 N–H and O–H groups in total. The lowest BCUT2D eigenvalue weighted by atomic mass is 10.1. The third-order valence-corrected chi connectivity index (χ3v) is 7.19. The summed E-state index contributed by atoms with van der Waals surface area (Å²) in [7, 11) is 1.57. The first-order chi connectivity index (χ1) is 14.0. The molecule has 2 fully saturated rings. The minimum atomic E-state index is -0.464. The maximum absolute atomic E-state index is 15.2. The first-order valence-corrected chi connectivity index (χ1v) is 10.5. The number of nitrogens with one attached hydrogen (secondary N) is 2. The monoisotopic (exact) mass is 414 g/mol. The van der Waals surface area contributed by atoms with Gasteiger partial charge in [0, 0.05) is 29.6 Å². The van der Waals surface area contributed by atoms with Gasteiger partial charge in [-0.25, -0.2) is 4.39 Å². The van der Waals surface area contributed by atoms with Crippen molar-refractivity contribution >= 4 is 38.3 Å². The summed E-state index contributed by atoms with van der Waals surface area (Å²) < 4.78 is 19.9. The summed E-state index contributed by atoms with van der Waals surface area (Å²) in [6.45, 7) is 0.675. The van der Waals surface area contributed by atoms with E-state index < -0.39 is 16.8 Å². The number of anilines is 1. The molecule has 150 valence electrons. The summed E-state index contributed by atoms with van der Waals surface area (Å²) in [5.74, 6) is -0.464. The fourth-order valence-electron chi connectivity index (χ4n) is 4.48. The smallest absolute Gasteiger partial charge is 0.271 e. The van der Waals surface area contributed by atoms with Crippen molar-refractivity contribution in [3.63, 3.8) is 0 Å². The number of benzene rings is 1. The lowest BCUT2D eigenvalue weighted by molar-refractivity contribution is 0.108. The Morgan fingerprint density at radius 2 is 2.10 bits per heavy atom. The number of halogens is 1. The Hall–Kier alpha value is -2.65. The van der Waals surface area contributed by atoms with E-state index in [1.54, 1.807) is 13.2 Å². The molecule has 0 unspecified atom stereocenters. The second-order valence-electron chi connectivity index (χ2n) is 8.22. The van der Waals surface area contributed by atoms with Crippen LogP contribution in [0.4, 0.5) is 10.1 Å². The SMILES string of the molecule is CONC1=CN(c2cc3c(cc2F)c(=O)c2c(=O)[nH]sc2n3C2CC2)CC12CC2. The number of nitrogens with zero attached hydrogens (tertiary/aromatic N) is 2. The van der Waals surface area contributed by atoms with Crippen LogP contribution in [0, 0.1) is 11.2 Å². The van der Waals surface area contributed by atoms with E-state index in [0.717, 1.165) is 31.4 Å². The van der Waals surface area contributed by atoms with Gasteiger partial charge in [-0.2, -0.15) is 0 Å². The minimum Gasteiger partial charge on any atom is -0.343 e. The molecular weight excluding hydrogens is 395 g/mol. The fraction of sp³-hybridized carbons (Fsp3) is 0.400. The van der Waals surface area contributed by atoms with Gasteiger partial charge in [0.1, 0.15) is 16.0 Å². The molecule has 3 heterocycles. The van der Waals surface area contributed by atoms with Gasteiger partial charge in [0.15, 0.2) is 0 Å². The highest BCUT2D eigenvalue weighted by Crippen LogP contribution is 2.55. The van der Waals surface area contributed by atoms with Gasteiger partial charge in [-0.15, -0.1) is 0 Å². The Morgan fingerprint density at radius 3 is 2.79 bits per heavy atom. The molecule has 0 amide bonds. The Balaban J connectivity index is 1.59. The first kappa shape index (κ1) is 17.2. The van der Waals surface area contributed by atoms with Crippen LogP contribution in [0.1, 0.15) is 31.7 Å². The van der Waals surface area contributed by atoms with E-state index >= 15 is 4.39 Å². The second kappa shape index (κ2) is 5.70. The molecule has 0 atom stereocenters. The highest BCUT2D eigenvalue weighted by molar-refractivity contribution is 7.12. The van der Waals surface area contributed by atoms with Crippen LogP contribution in [0.25, 0.3) is 21.1 Å². The van der Waals surface area contributed by atoms with Gasteiger partial charge in [0.2, 0.25) is 5.43 Å². The zero-order valence-corrected chi connectivity index (χ0v) is 16.6. The number of H-pyrrole nitrogens is 1. The molecule has 0 radical (unpaired) electrons. The van der Waals surface area contributed by atoms with Crippen molar-refractivity contribution in [2.75, 3.05) is 18.6 Å². The Bertz CT molecular complexity index is 1330. The lowest BCUT2D eigenvalue weighted by Gasteiger charge is -2.20. The summed E-state index contributed by atoms with van der Waals surface area (Å²) in [6, 6.07) is 3.29. The van der Waals surface area contributed by atoms with Gasteiger partial charge in [0.05, 0.1) is 24.0 Å². The highest BCUT2D eigenvalue weighted by Gasteiger charge is 2.51. The van der Waals surface area contributed by atoms with E-state index in [0.29, 0.717) is 22.6 Å². The maximum Gasteiger partial charge on any atom is 0.271 e. The number of pyridine rings is 1. The molecular formula is C20H19FN4O3S. The maximum atomic E-state index is 15.2. The second-order valence-corrected chi connectivity index (χ2v) is 9.02. The van der Waals surface area contributed by atoms with Gasteiger partial charge in [-0.1, -0.05) is 0 Å². The van der Waals surface area contributed by atoms with E-state index in [2.05, 4.69) is 9.85 Å². The molecule has 3 aliphatic rings. The van der Waals surface area contributed by atoms with Crippen LogP contribution < -0.4 is 21.4 Å². The molecule has 2 aromatic heterocycles. The average Bonchev–Trinajstić information content (AvgIpc) is 3.59. The van der Waals surface area contributed by atoms with Crippen LogP contribution in [-0.4, -0.2) is 22.6 Å². The predicted octanol–water partition coefficient (Wildman–Crippen LogP) is 2.97. The molecule has 1 spiro atoms. The predicted molar refractivity (Wildman–Crippen MR) is 110 cm³/mol. The minimum absolute atomic E-state index is 0.00229. The number of hydrogen-bond acceptors (Lipinski definition) is 6. The van der Waals surface area contributed by atoms with Gasteiger partial charge < -0.3 is 9.47 Å². The molecule has 0 bridgehead atoms. The average molecular weight is 414 g/mol. The fourth-order valence-corrected chi connectivity index (χ4v) is 5.41. The van der Waals surface area contributed by atoms with Crippen molar-refractivity contribution < 1.29 is 9.23 Å². The van der Waals surface area contributed by atoms with E-state index in [4.69, 9.17) is 4.84 Å². The summed E-state index contributed by atoms with van der Waals surface area (Å²) in [5.41, 5.74) is 4.21. The molecule has 9 heteroatoms. The van der Waals surface area contributed by atoms with E-state index in [-0.39, 0.29) is 22.2 Å². The number of hydroxylamine groups is 1. The van der Waals surface area contributed by atoms with Crippen molar-refractivity contribution in [3.8, 4) is 0 Å². The quantitative estimate of drug-likeness (QED) is 0.642. The number of fused-ring (bicyclic) bond motifs is 2. The number of hydrogen-bond donors (Lipinski definition) is 2. The van der Waals surface area contributed by atoms with Gasteiger partial charge in [-0.05, 0) is 49.3 Å². The molecule has 0 saturated heterocycles. The van der Waals surface area contributed by atoms with Crippen molar-refractivity contribution in [2.45, 2.75) is 31.7 Å². The Kier molecular flexibility index (Phi) is 3.39. The molecule has 7 nitrogen and oxygen atoms in total. The van der Waals surface area contributed by atoms with Crippen molar-refractivity contribution in [1.29, 1.82) is 0 Å². The molecule has 29 heavy (non-hydrogen) atoms. The van der Waals surface area contributed by atoms with Gasteiger partial charge in [-0.3, -0.25) is 24.3 Å². The van der Waals surface area contributed by atoms with Crippen LogP contribution >= 0.6 is 11.5 Å². The van der Waals surface area contributed by atoms with Crippen LogP contribution in [0.2, 0.25) is 0 Å². The third kappa shape index (κ3) is 2.37. The topological polar surface area (TPSA) is 79.4 Å². The zero-order valence-electron chi connectivity index (χ0n) is 15.8. The standard InChI is InChI=1S/C20H19FN4O3S/c1-28-22-15-8-24(9-20(15)4-5-20)14-7-13-11(6-12(14)21)17(26)16-18(27)23-29-19(16)25(13)10-2-3-10/h6-8,10,22H,2-5,9H2,1H3,(H,23,27). The van der Waals surface area contributed by atoms with E-state index in [1.807, 2.05) is 15.7 Å². The molecule has 1 aliphatic heterocycles. The molecule has 2 aliphatic carbocycles. The van der Waals surface area contributed by atoms with E-state index in [1.165, 1.54) is 17.6 Å². The van der Waals surface area contributed by atoms with Crippen LogP contribution in [0.3, 0.4) is 0 Å². The molecule has 3 aromatic rings. The Morgan fingerprint density at radius 1 is 1.31 bits per heavy atom. The molecule has 1 aromatic carbocycles. The van der Waals surface area contributed by atoms with Gasteiger partial charge in [0.25, 0.3) is 5.56 Å². The normalized spacial score (nSPS) is 20.1. The highest BCUT2D eigenvalue weighted by atomic mass is 32.1. The van der Waals surface area contributed by atoms with Gasteiger partial charge >= 0.3 is 0 Å². The summed E-state index contributed by atoms with van der Waals surface area (Å²) in [6.07, 6.45) is 5.94. The summed E-state index contributed by atoms with van der Waals surface area (Å²) in [5, 5.41) is 0.389. The molecule has 2 saturated carbocycles. The Labute approximate surface area is 168 Å². The van der Waals surface area contributed by atoms with E-state index in [9.17, 15) is 9.59 Å². The first-order valence-electron chi connectivity index (χ1n) is 9.69. The van der Waals surface area contributed by atoms with Crippen LogP contribution in [0.5, 0.6) is 0 Å². The van der Waals surface area contributed by atoms with Crippen LogP contribution in [-0.2, 0) is 4.84 Å². The number of rotatable bonds is 4.